The largest absolute Gasteiger partial charge is 0.507 e. The van der Waals surface area contributed by atoms with Crippen molar-refractivity contribution >= 4 is 23.6 Å². The summed E-state index contributed by atoms with van der Waals surface area (Å²) in [7, 11) is 0. The summed E-state index contributed by atoms with van der Waals surface area (Å²) >= 11 is 6.03. The van der Waals surface area contributed by atoms with Gasteiger partial charge in [0.25, 0.3) is 0 Å². The lowest BCUT2D eigenvalue weighted by Crippen LogP contribution is -2.41. The molecule has 1 saturated heterocycles. The Morgan fingerprint density at radius 2 is 1.79 bits per heavy atom. The molecule has 0 aromatic heterocycles. The number of aldehydes is 1. The van der Waals surface area contributed by atoms with Crippen molar-refractivity contribution in [3.63, 3.8) is 0 Å². The average Bonchev–Trinajstić information content (AvgIpc) is 2.68. The maximum absolute atomic E-state index is 11.1. The summed E-state index contributed by atoms with van der Waals surface area (Å²) in [4.78, 5) is 13.3. The number of benzene rings is 2. The minimum absolute atomic E-state index is 0.0644. The van der Waals surface area contributed by atoms with Crippen LogP contribution in [0.3, 0.4) is 0 Å². The van der Waals surface area contributed by atoms with E-state index in [4.69, 9.17) is 11.6 Å². The number of phenols is 3. The fourth-order valence-corrected chi connectivity index (χ4v) is 3.56. The molecule has 0 atom stereocenters. The molecular formula is C21H23ClN2O4. The molecule has 1 heterocycles. The SMILES string of the molecule is O=C/C=C(/NC1CCN(Cc2ccc(O)c(O)c2)CC1)c1cc(Cl)ccc1O. The standard InChI is InChI=1S/C21H23ClN2O4/c22-15-2-4-19(26)17(12-15)18(7-10-25)23-16-5-8-24(9-6-16)13-14-1-3-20(27)21(28)11-14/h1-4,7,10-12,16,23,26-28H,5-6,8-9,13H2/b18-7+. The van der Waals surface area contributed by atoms with Crippen molar-refractivity contribution in [2.45, 2.75) is 25.4 Å². The topological polar surface area (TPSA) is 93.0 Å². The Kier molecular flexibility index (Phi) is 6.44. The minimum Gasteiger partial charge on any atom is -0.507 e. The van der Waals surface area contributed by atoms with E-state index in [-0.39, 0.29) is 23.3 Å². The second-order valence-electron chi connectivity index (χ2n) is 6.90. The summed E-state index contributed by atoms with van der Waals surface area (Å²) in [6, 6.07) is 9.76. The number of rotatable bonds is 6. The fraction of sp³-hybridized carbons (Fsp3) is 0.286. The number of piperidine rings is 1. The molecule has 1 aliphatic rings. The number of likely N-dealkylation sites (tertiary alicyclic amines) is 1. The van der Waals surface area contributed by atoms with Crippen molar-refractivity contribution in [2.75, 3.05) is 13.1 Å². The lowest BCUT2D eigenvalue weighted by molar-refractivity contribution is -0.104. The number of phenolic OH excluding ortho intramolecular Hbond substituents is 3. The number of allylic oxidation sites excluding steroid dienone is 1. The van der Waals surface area contributed by atoms with Crippen LogP contribution < -0.4 is 5.32 Å². The Morgan fingerprint density at radius 3 is 2.46 bits per heavy atom. The second kappa shape index (κ2) is 8.99. The van der Waals surface area contributed by atoms with Gasteiger partial charge in [0.1, 0.15) is 12.0 Å². The highest BCUT2D eigenvalue weighted by molar-refractivity contribution is 6.30. The van der Waals surface area contributed by atoms with Crippen LogP contribution in [0, 0.1) is 0 Å². The molecule has 0 aliphatic carbocycles. The third kappa shape index (κ3) is 4.97. The van der Waals surface area contributed by atoms with Gasteiger partial charge in [0.2, 0.25) is 0 Å². The van der Waals surface area contributed by atoms with Gasteiger partial charge in [0.05, 0.1) is 0 Å². The van der Waals surface area contributed by atoms with Crippen molar-refractivity contribution in [1.29, 1.82) is 0 Å². The number of nitrogens with zero attached hydrogens (tertiary/aromatic N) is 1. The van der Waals surface area contributed by atoms with Crippen LogP contribution in [-0.4, -0.2) is 45.6 Å². The predicted molar refractivity (Wildman–Crippen MR) is 108 cm³/mol. The number of aromatic hydroxyl groups is 3. The van der Waals surface area contributed by atoms with E-state index in [2.05, 4.69) is 10.2 Å². The van der Waals surface area contributed by atoms with E-state index in [1.165, 1.54) is 18.2 Å². The van der Waals surface area contributed by atoms with Crippen LogP contribution in [0.15, 0.2) is 42.5 Å². The molecule has 3 rings (SSSR count). The van der Waals surface area contributed by atoms with Crippen molar-refractivity contribution < 1.29 is 20.1 Å². The maximum atomic E-state index is 11.1. The third-order valence-corrected chi connectivity index (χ3v) is 5.11. The van der Waals surface area contributed by atoms with E-state index in [0.717, 1.165) is 31.5 Å². The number of halogens is 1. The van der Waals surface area contributed by atoms with E-state index in [9.17, 15) is 20.1 Å². The predicted octanol–water partition coefficient (Wildman–Crippen LogP) is 3.25. The van der Waals surface area contributed by atoms with E-state index >= 15 is 0 Å². The molecule has 1 fully saturated rings. The van der Waals surface area contributed by atoms with Gasteiger partial charge in [-0.2, -0.15) is 0 Å². The van der Waals surface area contributed by atoms with E-state index in [0.29, 0.717) is 29.1 Å². The summed E-state index contributed by atoms with van der Waals surface area (Å²) in [5, 5.41) is 33.0. The van der Waals surface area contributed by atoms with E-state index in [1.807, 2.05) is 0 Å². The first-order valence-corrected chi connectivity index (χ1v) is 9.48. The number of nitrogens with one attached hydrogen (secondary N) is 1. The Hall–Kier alpha value is -2.70. The molecule has 2 aromatic carbocycles. The van der Waals surface area contributed by atoms with Gasteiger partial charge in [0, 0.05) is 48.0 Å². The molecule has 148 valence electrons. The first-order chi connectivity index (χ1) is 13.5. The quantitative estimate of drug-likeness (QED) is 0.337. The molecule has 0 saturated carbocycles. The van der Waals surface area contributed by atoms with Crippen LogP contribution in [0.2, 0.25) is 5.02 Å². The van der Waals surface area contributed by atoms with Gasteiger partial charge in [-0.3, -0.25) is 9.69 Å². The zero-order valence-corrected chi connectivity index (χ0v) is 16.1. The minimum atomic E-state index is -0.120. The van der Waals surface area contributed by atoms with Gasteiger partial charge in [-0.15, -0.1) is 0 Å². The Balaban J connectivity index is 1.60. The highest BCUT2D eigenvalue weighted by atomic mass is 35.5. The van der Waals surface area contributed by atoms with Gasteiger partial charge in [-0.1, -0.05) is 17.7 Å². The lowest BCUT2D eigenvalue weighted by Gasteiger charge is -2.33. The number of carbonyl (C=O) groups excluding carboxylic acids is 1. The molecule has 0 spiro atoms. The summed E-state index contributed by atoms with van der Waals surface area (Å²) in [6.07, 6.45) is 3.81. The Morgan fingerprint density at radius 1 is 1.07 bits per heavy atom. The third-order valence-electron chi connectivity index (χ3n) is 4.88. The number of hydrogen-bond donors (Lipinski definition) is 4. The second-order valence-corrected chi connectivity index (χ2v) is 7.33. The van der Waals surface area contributed by atoms with Gasteiger partial charge >= 0.3 is 0 Å². The first kappa shape index (κ1) is 20.0. The van der Waals surface area contributed by atoms with Crippen LogP contribution in [0.1, 0.15) is 24.0 Å². The van der Waals surface area contributed by atoms with E-state index < -0.39 is 0 Å². The zero-order valence-electron chi connectivity index (χ0n) is 15.3. The molecule has 0 bridgehead atoms. The normalized spacial score (nSPS) is 16.1. The zero-order chi connectivity index (χ0) is 20.1. The van der Waals surface area contributed by atoms with Gasteiger partial charge in [-0.25, -0.2) is 0 Å². The van der Waals surface area contributed by atoms with Crippen LogP contribution in [-0.2, 0) is 11.3 Å². The van der Waals surface area contributed by atoms with Crippen molar-refractivity contribution in [2.24, 2.45) is 0 Å². The smallest absolute Gasteiger partial charge is 0.157 e. The van der Waals surface area contributed by atoms with Crippen LogP contribution >= 0.6 is 11.6 Å². The van der Waals surface area contributed by atoms with Crippen LogP contribution in [0.4, 0.5) is 0 Å². The number of carbonyl (C=O) groups is 1. The summed E-state index contributed by atoms with van der Waals surface area (Å²) in [6.45, 7) is 2.37. The van der Waals surface area contributed by atoms with Crippen molar-refractivity contribution in [3.8, 4) is 17.2 Å². The molecule has 7 heteroatoms. The number of hydrogen-bond acceptors (Lipinski definition) is 6. The Labute approximate surface area is 168 Å². The first-order valence-electron chi connectivity index (χ1n) is 9.10. The molecular weight excluding hydrogens is 380 g/mol. The van der Waals surface area contributed by atoms with Crippen LogP contribution in [0.5, 0.6) is 17.2 Å². The van der Waals surface area contributed by atoms with E-state index in [1.54, 1.807) is 24.3 Å². The molecule has 4 N–H and O–H groups in total. The molecule has 0 unspecified atom stereocenters. The maximum Gasteiger partial charge on any atom is 0.157 e. The fourth-order valence-electron chi connectivity index (χ4n) is 3.39. The molecule has 28 heavy (non-hydrogen) atoms. The lowest BCUT2D eigenvalue weighted by atomic mass is 10.0. The summed E-state index contributed by atoms with van der Waals surface area (Å²) in [5.41, 5.74) is 1.99. The van der Waals surface area contributed by atoms with Gasteiger partial charge < -0.3 is 20.6 Å². The van der Waals surface area contributed by atoms with Crippen molar-refractivity contribution in [1.82, 2.24) is 10.2 Å². The highest BCUT2D eigenvalue weighted by Crippen LogP contribution is 2.29. The molecule has 0 radical (unpaired) electrons. The van der Waals surface area contributed by atoms with Crippen LogP contribution in [0.25, 0.3) is 5.70 Å². The molecule has 6 nitrogen and oxygen atoms in total. The van der Waals surface area contributed by atoms with Gasteiger partial charge in [-0.05, 0) is 48.7 Å². The highest BCUT2D eigenvalue weighted by Gasteiger charge is 2.21. The molecule has 0 amide bonds. The Bertz CT molecular complexity index is 877. The summed E-state index contributed by atoms with van der Waals surface area (Å²) in [5.74, 6) is -0.168. The monoisotopic (exact) mass is 402 g/mol. The van der Waals surface area contributed by atoms with Gasteiger partial charge in [0.15, 0.2) is 11.5 Å². The van der Waals surface area contributed by atoms with Crippen molar-refractivity contribution in [3.05, 3.63) is 58.6 Å². The average molecular weight is 403 g/mol. The molecule has 2 aromatic rings. The molecule has 1 aliphatic heterocycles. The summed E-state index contributed by atoms with van der Waals surface area (Å²) < 4.78 is 0.